The van der Waals surface area contributed by atoms with Crippen LogP contribution >= 0.6 is 0 Å². The Kier molecular flexibility index (Phi) is 5.35. The number of furan rings is 1. The Labute approximate surface area is 154 Å². The van der Waals surface area contributed by atoms with E-state index in [0.717, 1.165) is 36.1 Å². The Morgan fingerprint density at radius 2 is 1.96 bits per heavy atom. The van der Waals surface area contributed by atoms with Crippen molar-refractivity contribution in [2.45, 2.75) is 39.7 Å². The minimum absolute atomic E-state index is 0.0314. The van der Waals surface area contributed by atoms with Crippen molar-refractivity contribution in [2.24, 2.45) is 11.8 Å². The molecule has 2 heterocycles. The molecule has 1 aromatic carbocycles. The zero-order valence-electron chi connectivity index (χ0n) is 16.1. The lowest BCUT2D eigenvalue weighted by molar-refractivity contribution is -0.142. The fraction of sp³-hybridized carbons (Fsp3) is 0.524. The molecule has 26 heavy (non-hydrogen) atoms. The van der Waals surface area contributed by atoms with Gasteiger partial charge in [-0.15, -0.1) is 0 Å². The average Bonchev–Trinajstić information content (AvgIpc) is 3.09. The normalized spacial score (nSPS) is 19.0. The van der Waals surface area contributed by atoms with E-state index in [2.05, 4.69) is 0 Å². The van der Waals surface area contributed by atoms with E-state index >= 15 is 0 Å². The van der Waals surface area contributed by atoms with E-state index in [1.54, 1.807) is 4.90 Å². The first kappa shape index (κ1) is 18.5. The SMILES string of the molecule is CC(C)C(=O)N1CCCC(C(=O)N(C)C(C)c2cc3ccccc3o2)C1. The zero-order chi connectivity index (χ0) is 18.8. The van der Waals surface area contributed by atoms with E-state index < -0.39 is 0 Å². The maximum absolute atomic E-state index is 13.0. The minimum atomic E-state index is -0.147. The van der Waals surface area contributed by atoms with Gasteiger partial charge in [0.25, 0.3) is 0 Å². The summed E-state index contributed by atoms with van der Waals surface area (Å²) < 4.78 is 5.92. The Hall–Kier alpha value is -2.30. The number of amides is 2. The lowest BCUT2D eigenvalue weighted by Gasteiger charge is -2.36. The van der Waals surface area contributed by atoms with Gasteiger partial charge in [0.15, 0.2) is 0 Å². The van der Waals surface area contributed by atoms with Gasteiger partial charge in [0, 0.05) is 31.4 Å². The van der Waals surface area contributed by atoms with Crippen LogP contribution in [0.4, 0.5) is 0 Å². The van der Waals surface area contributed by atoms with Crippen LogP contribution in [0.15, 0.2) is 34.7 Å². The number of rotatable bonds is 4. The fourth-order valence-corrected chi connectivity index (χ4v) is 3.62. The van der Waals surface area contributed by atoms with Gasteiger partial charge >= 0.3 is 0 Å². The molecule has 0 bridgehead atoms. The molecular formula is C21H28N2O3. The van der Waals surface area contributed by atoms with Gasteiger partial charge in [-0.25, -0.2) is 0 Å². The zero-order valence-corrected chi connectivity index (χ0v) is 16.1. The summed E-state index contributed by atoms with van der Waals surface area (Å²) >= 11 is 0. The van der Waals surface area contributed by atoms with Crippen molar-refractivity contribution in [1.29, 1.82) is 0 Å². The first-order valence-corrected chi connectivity index (χ1v) is 9.42. The van der Waals surface area contributed by atoms with Crippen molar-refractivity contribution < 1.29 is 14.0 Å². The average molecular weight is 356 g/mol. The molecule has 0 saturated carbocycles. The van der Waals surface area contributed by atoms with Crippen molar-refractivity contribution in [2.75, 3.05) is 20.1 Å². The highest BCUT2D eigenvalue weighted by molar-refractivity contribution is 5.82. The monoisotopic (exact) mass is 356 g/mol. The Morgan fingerprint density at radius 1 is 1.23 bits per heavy atom. The number of nitrogens with zero attached hydrogens (tertiary/aromatic N) is 2. The molecule has 1 aromatic heterocycles. The number of carbonyl (C=O) groups excluding carboxylic acids is 2. The maximum Gasteiger partial charge on any atom is 0.227 e. The summed E-state index contributed by atoms with van der Waals surface area (Å²) in [7, 11) is 1.82. The number of likely N-dealkylation sites (tertiary alicyclic amines) is 1. The van der Waals surface area contributed by atoms with Crippen LogP contribution in [-0.4, -0.2) is 41.8 Å². The van der Waals surface area contributed by atoms with Crippen molar-refractivity contribution in [3.63, 3.8) is 0 Å². The summed E-state index contributed by atoms with van der Waals surface area (Å²) in [5, 5.41) is 1.04. The highest BCUT2D eigenvalue weighted by atomic mass is 16.3. The molecule has 5 heteroatoms. The topological polar surface area (TPSA) is 53.8 Å². The van der Waals surface area contributed by atoms with Gasteiger partial charge in [0.05, 0.1) is 12.0 Å². The molecule has 1 saturated heterocycles. The van der Waals surface area contributed by atoms with Crippen molar-refractivity contribution in [3.8, 4) is 0 Å². The van der Waals surface area contributed by atoms with Gasteiger partial charge in [0.2, 0.25) is 11.8 Å². The third-order valence-corrected chi connectivity index (χ3v) is 5.36. The summed E-state index contributed by atoms with van der Waals surface area (Å²) in [6.45, 7) is 7.07. The molecule has 1 aliphatic rings. The summed E-state index contributed by atoms with van der Waals surface area (Å²) in [5.74, 6) is 0.835. The first-order chi connectivity index (χ1) is 12.4. The van der Waals surface area contributed by atoms with E-state index in [1.165, 1.54) is 0 Å². The van der Waals surface area contributed by atoms with Gasteiger partial charge < -0.3 is 14.2 Å². The lowest BCUT2D eigenvalue weighted by atomic mass is 9.95. The molecule has 0 aliphatic carbocycles. The number of para-hydroxylation sites is 1. The van der Waals surface area contributed by atoms with E-state index in [1.807, 2.05) is 63.1 Å². The summed E-state index contributed by atoms with van der Waals surface area (Å²) in [6.07, 6.45) is 1.71. The number of piperidine rings is 1. The lowest BCUT2D eigenvalue weighted by Crippen LogP contribution is -2.47. The second-order valence-electron chi connectivity index (χ2n) is 7.59. The van der Waals surface area contributed by atoms with Crippen LogP contribution in [0.25, 0.3) is 11.0 Å². The Morgan fingerprint density at radius 3 is 2.65 bits per heavy atom. The van der Waals surface area contributed by atoms with E-state index in [-0.39, 0.29) is 29.7 Å². The number of fused-ring (bicyclic) bond motifs is 1. The molecule has 0 N–H and O–H groups in total. The van der Waals surface area contributed by atoms with E-state index in [0.29, 0.717) is 6.54 Å². The molecule has 2 unspecified atom stereocenters. The maximum atomic E-state index is 13.0. The highest BCUT2D eigenvalue weighted by Crippen LogP contribution is 2.29. The van der Waals surface area contributed by atoms with Crippen LogP contribution in [0.2, 0.25) is 0 Å². The largest absolute Gasteiger partial charge is 0.459 e. The van der Waals surface area contributed by atoms with Crippen LogP contribution < -0.4 is 0 Å². The Bertz CT molecular complexity index is 762. The van der Waals surface area contributed by atoms with Gasteiger partial charge in [0.1, 0.15) is 11.3 Å². The van der Waals surface area contributed by atoms with Crippen LogP contribution in [0.5, 0.6) is 0 Å². The number of benzene rings is 1. The number of hydrogen-bond acceptors (Lipinski definition) is 3. The molecule has 2 aromatic rings. The number of hydrogen-bond donors (Lipinski definition) is 0. The second-order valence-corrected chi connectivity index (χ2v) is 7.59. The smallest absolute Gasteiger partial charge is 0.227 e. The molecule has 1 aliphatic heterocycles. The fourth-order valence-electron chi connectivity index (χ4n) is 3.62. The molecule has 3 rings (SSSR count). The highest BCUT2D eigenvalue weighted by Gasteiger charge is 2.33. The summed E-state index contributed by atoms with van der Waals surface area (Å²) in [4.78, 5) is 28.9. The summed E-state index contributed by atoms with van der Waals surface area (Å²) in [5.41, 5.74) is 0.835. The van der Waals surface area contributed by atoms with Gasteiger partial charge in [-0.05, 0) is 31.9 Å². The van der Waals surface area contributed by atoms with Crippen LogP contribution in [-0.2, 0) is 9.59 Å². The van der Waals surface area contributed by atoms with Gasteiger partial charge in [-0.3, -0.25) is 9.59 Å². The molecule has 0 spiro atoms. The predicted molar refractivity (Wildman–Crippen MR) is 102 cm³/mol. The van der Waals surface area contributed by atoms with E-state index in [4.69, 9.17) is 4.42 Å². The molecule has 1 fully saturated rings. The number of carbonyl (C=O) groups is 2. The first-order valence-electron chi connectivity index (χ1n) is 9.42. The molecule has 0 radical (unpaired) electrons. The van der Waals surface area contributed by atoms with E-state index in [9.17, 15) is 9.59 Å². The second kappa shape index (κ2) is 7.52. The van der Waals surface area contributed by atoms with Crippen LogP contribution in [0, 0.1) is 11.8 Å². The minimum Gasteiger partial charge on any atom is -0.459 e. The molecule has 2 atom stereocenters. The quantitative estimate of drug-likeness (QED) is 0.836. The van der Waals surface area contributed by atoms with Crippen LogP contribution in [0.1, 0.15) is 45.4 Å². The standard InChI is InChI=1S/C21H28N2O3/c1-14(2)20(24)23-11-7-9-17(13-23)21(25)22(4)15(3)19-12-16-8-5-6-10-18(16)26-19/h5-6,8,10,12,14-15,17H,7,9,11,13H2,1-4H3. The predicted octanol–water partition coefficient (Wildman–Crippen LogP) is 3.85. The molecular weight excluding hydrogens is 328 g/mol. The third-order valence-electron chi connectivity index (χ3n) is 5.36. The van der Waals surface area contributed by atoms with Crippen molar-refractivity contribution in [3.05, 3.63) is 36.1 Å². The molecule has 2 amide bonds. The molecule has 5 nitrogen and oxygen atoms in total. The van der Waals surface area contributed by atoms with Crippen molar-refractivity contribution in [1.82, 2.24) is 9.80 Å². The van der Waals surface area contributed by atoms with Gasteiger partial charge in [-0.1, -0.05) is 32.0 Å². The van der Waals surface area contributed by atoms with Crippen LogP contribution in [0.3, 0.4) is 0 Å². The third kappa shape index (κ3) is 3.62. The van der Waals surface area contributed by atoms with Crippen molar-refractivity contribution >= 4 is 22.8 Å². The summed E-state index contributed by atoms with van der Waals surface area (Å²) in [6, 6.07) is 9.71. The Balaban J connectivity index is 1.71. The molecule has 140 valence electrons. The van der Waals surface area contributed by atoms with Gasteiger partial charge in [-0.2, -0.15) is 0 Å².